The summed E-state index contributed by atoms with van der Waals surface area (Å²) >= 11 is 1.88. The average Bonchev–Trinajstić information content (AvgIpc) is 3.11. The number of fused-ring (bicyclic) bond motifs is 2. The van der Waals surface area contributed by atoms with Gasteiger partial charge in [0.05, 0.1) is 11.0 Å². The van der Waals surface area contributed by atoms with Crippen molar-refractivity contribution in [2.75, 3.05) is 6.54 Å². The van der Waals surface area contributed by atoms with Gasteiger partial charge in [-0.3, -0.25) is 14.0 Å². The van der Waals surface area contributed by atoms with Crippen molar-refractivity contribution in [1.29, 1.82) is 0 Å². The van der Waals surface area contributed by atoms with Crippen LogP contribution in [0.3, 0.4) is 0 Å². The molecule has 1 atom stereocenters. The van der Waals surface area contributed by atoms with Crippen LogP contribution >= 0.6 is 11.3 Å². The van der Waals surface area contributed by atoms with E-state index in [0.717, 1.165) is 30.5 Å². The maximum absolute atomic E-state index is 12.1. The van der Waals surface area contributed by atoms with Gasteiger partial charge in [0.1, 0.15) is 0 Å². The highest BCUT2D eigenvalue weighted by atomic mass is 32.1. The van der Waals surface area contributed by atoms with Crippen LogP contribution in [0.5, 0.6) is 0 Å². The molecule has 1 aliphatic rings. The normalized spacial score (nSPS) is 18.5. The van der Waals surface area contributed by atoms with E-state index in [2.05, 4.69) is 41.5 Å². The summed E-state index contributed by atoms with van der Waals surface area (Å²) in [5, 5.41) is 2.20. The van der Waals surface area contributed by atoms with Gasteiger partial charge >= 0.3 is 5.69 Å². The van der Waals surface area contributed by atoms with Gasteiger partial charge in [0, 0.05) is 38.1 Å². The monoisotopic (exact) mass is 327 g/mol. The summed E-state index contributed by atoms with van der Waals surface area (Å²) < 4.78 is 3.44. The molecule has 0 amide bonds. The quantitative estimate of drug-likeness (QED) is 0.724. The second-order valence-corrected chi connectivity index (χ2v) is 7.42. The van der Waals surface area contributed by atoms with Crippen molar-refractivity contribution >= 4 is 22.4 Å². The Morgan fingerprint density at radius 3 is 2.78 bits per heavy atom. The van der Waals surface area contributed by atoms with Crippen LogP contribution in [0.25, 0.3) is 11.0 Å². The molecule has 0 N–H and O–H groups in total. The number of hydrogen-bond acceptors (Lipinski definition) is 3. The lowest BCUT2D eigenvalue weighted by Gasteiger charge is -2.33. The number of benzene rings is 1. The molecule has 120 valence electrons. The molecule has 0 spiro atoms. The van der Waals surface area contributed by atoms with Crippen LogP contribution < -0.4 is 5.69 Å². The summed E-state index contributed by atoms with van der Waals surface area (Å²) in [4.78, 5) is 16.1. The number of aryl methyl sites for hydroxylation is 2. The van der Waals surface area contributed by atoms with Gasteiger partial charge in [0.25, 0.3) is 0 Å². The van der Waals surface area contributed by atoms with E-state index in [0.29, 0.717) is 6.04 Å². The van der Waals surface area contributed by atoms with Crippen molar-refractivity contribution in [3.05, 3.63) is 56.1 Å². The third kappa shape index (κ3) is 2.26. The first kappa shape index (κ1) is 14.7. The van der Waals surface area contributed by atoms with Crippen molar-refractivity contribution in [3.8, 4) is 0 Å². The molecule has 3 heterocycles. The fourth-order valence-electron chi connectivity index (χ4n) is 3.66. The zero-order valence-corrected chi connectivity index (χ0v) is 14.6. The zero-order chi connectivity index (χ0) is 16.1. The number of hydrogen-bond donors (Lipinski definition) is 0. The highest BCUT2D eigenvalue weighted by Gasteiger charge is 2.24. The van der Waals surface area contributed by atoms with Crippen LogP contribution in [0.15, 0.2) is 34.4 Å². The Morgan fingerprint density at radius 1 is 1.17 bits per heavy atom. The second-order valence-electron chi connectivity index (χ2n) is 6.42. The highest BCUT2D eigenvalue weighted by Crippen LogP contribution is 2.33. The number of imidazole rings is 1. The summed E-state index contributed by atoms with van der Waals surface area (Å²) in [5.41, 5.74) is 4.79. The summed E-state index contributed by atoms with van der Waals surface area (Å²) in [6, 6.07) is 9.10. The standard InChI is InChI=1S/C18H21N3OS/c1-12-14-7-9-23-17(14)6-8-21(12)11-13-4-5-15-16(10-13)20(3)18(22)19(15)2/h4-5,7,9-10,12H,6,8,11H2,1-3H3/t12-/m0/s1. The minimum absolute atomic E-state index is 0.0337. The van der Waals surface area contributed by atoms with Gasteiger partial charge in [-0.1, -0.05) is 6.07 Å². The Labute approximate surface area is 139 Å². The minimum Gasteiger partial charge on any atom is -0.295 e. The van der Waals surface area contributed by atoms with Crippen LogP contribution in [0.2, 0.25) is 0 Å². The van der Waals surface area contributed by atoms with Gasteiger partial charge in [-0.2, -0.15) is 0 Å². The Hall–Kier alpha value is -1.85. The third-order valence-corrected chi connectivity index (χ3v) is 6.12. The van der Waals surface area contributed by atoms with Gasteiger partial charge in [0.2, 0.25) is 0 Å². The molecule has 23 heavy (non-hydrogen) atoms. The fraction of sp³-hybridized carbons (Fsp3) is 0.389. The zero-order valence-electron chi connectivity index (χ0n) is 13.7. The van der Waals surface area contributed by atoms with E-state index in [1.807, 2.05) is 25.4 Å². The molecule has 1 aromatic carbocycles. The molecule has 5 heteroatoms. The third-order valence-electron chi connectivity index (χ3n) is 5.13. The molecule has 2 aromatic heterocycles. The van der Waals surface area contributed by atoms with E-state index in [1.165, 1.54) is 16.0 Å². The molecule has 4 rings (SSSR count). The lowest BCUT2D eigenvalue weighted by atomic mass is 10.0. The predicted octanol–water partition coefficient (Wildman–Crippen LogP) is 3.06. The molecule has 0 radical (unpaired) electrons. The molecule has 0 aliphatic carbocycles. The maximum Gasteiger partial charge on any atom is 0.328 e. The lowest BCUT2D eigenvalue weighted by molar-refractivity contribution is 0.191. The summed E-state index contributed by atoms with van der Waals surface area (Å²) in [7, 11) is 3.67. The van der Waals surface area contributed by atoms with Crippen molar-refractivity contribution < 1.29 is 0 Å². The van der Waals surface area contributed by atoms with E-state index in [-0.39, 0.29) is 5.69 Å². The number of rotatable bonds is 2. The van der Waals surface area contributed by atoms with Crippen LogP contribution in [-0.4, -0.2) is 20.6 Å². The van der Waals surface area contributed by atoms with Gasteiger partial charge in [-0.05, 0) is 48.1 Å². The first-order valence-corrected chi connectivity index (χ1v) is 8.89. The van der Waals surface area contributed by atoms with Crippen molar-refractivity contribution in [2.24, 2.45) is 14.1 Å². The van der Waals surface area contributed by atoms with E-state index < -0.39 is 0 Å². The van der Waals surface area contributed by atoms with Crippen LogP contribution in [0.4, 0.5) is 0 Å². The molecular formula is C18H21N3OS. The molecule has 0 saturated carbocycles. The van der Waals surface area contributed by atoms with Crippen molar-refractivity contribution in [2.45, 2.75) is 25.9 Å². The Kier molecular flexibility index (Phi) is 3.43. The number of thiophene rings is 1. The summed E-state index contributed by atoms with van der Waals surface area (Å²) in [5.74, 6) is 0. The van der Waals surface area contributed by atoms with Crippen LogP contribution in [0, 0.1) is 0 Å². The SMILES string of the molecule is C[C@H]1c2ccsc2CCN1Cc1ccc2c(c1)n(C)c(=O)n2C. The number of aromatic nitrogens is 2. The molecule has 0 saturated heterocycles. The molecule has 4 nitrogen and oxygen atoms in total. The predicted molar refractivity (Wildman–Crippen MR) is 95.0 cm³/mol. The van der Waals surface area contributed by atoms with E-state index >= 15 is 0 Å². The maximum atomic E-state index is 12.1. The molecule has 0 bridgehead atoms. The molecular weight excluding hydrogens is 306 g/mol. The Morgan fingerprint density at radius 2 is 1.96 bits per heavy atom. The van der Waals surface area contributed by atoms with Crippen LogP contribution in [-0.2, 0) is 27.1 Å². The van der Waals surface area contributed by atoms with Crippen molar-refractivity contribution in [1.82, 2.24) is 14.0 Å². The molecule has 0 fully saturated rings. The molecule has 1 aliphatic heterocycles. The van der Waals surface area contributed by atoms with E-state index in [4.69, 9.17) is 0 Å². The van der Waals surface area contributed by atoms with Gasteiger partial charge in [0.15, 0.2) is 0 Å². The Balaban J connectivity index is 1.66. The number of nitrogens with zero attached hydrogens (tertiary/aromatic N) is 3. The summed E-state index contributed by atoms with van der Waals surface area (Å²) in [6.07, 6.45) is 1.14. The topological polar surface area (TPSA) is 30.2 Å². The minimum atomic E-state index is 0.0337. The lowest BCUT2D eigenvalue weighted by Crippen LogP contribution is -2.32. The van der Waals surface area contributed by atoms with Crippen molar-refractivity contribution in [3.63, 3.8) is 0 Å². The fourth-order valence-corrected chi connectivity index (χ4v) is 4.63. The average molecular weight is 327 g/mol. The van der Waals surface area contributed by atoms with E-state index in [9.17, 15) is 4.79 Å². The summed E-state index contributed by atoms with van der Waals surface area (Å²) in [6.45, 7) is 4.32. The highest BCUT2D eigenvalue weighted by molar-refractivity contribution is 7.10. The first-order chi connectivity index (χ1) is 11.1. The smallest absolute Gasteiger partial charge is 0.295 e. The first-order valence-electron chi connectivity index (χ1n) is 8.01. The largest absolute Gasteiger partial charge is 0.328 e. The second kappa shape index (κ2) is 5.35. The van der Waals surface area contributed by atoms with Gasteiger partial charge in [-0.15, -0.1) is 11.3 Å². The van der Waals surface area contributed by atoms with Gasteiger partial charge < -0.3 is 0 Å². The molecule has 0 unspecified atom stereocenters. The van der Waals surface area contributed by atoms with Crippen LogP contribution in [0.1, 0.15) is 29.0 Å². The Bertz CT molecular complexity index is 934. The van der Waals surface area contributed by atoms with Gasteiger partial charge in [-0.25, -0.2) is 4.79 Å². The molecule has 3 aromatic rings. The van der Waals surface area contributed by atoms with E-state index in [1.54, 1.807) is 9.13 Å².